The third-order valence-electron chi connectivity index (χ3n) is 3.51. The minimum absolute atomic E-state index is 0.690. The zero-order valence-corrected chi connectivity index (χ0v) is 11.2. The van der Waals surface area contributed by atoms with Crippen LogP contribution < -0.4 is 5.32 Å². The van der Waals surface area contributed by atoms with Gasteiger partial charge in [0.05, 0.1) is 6.61 Å². The molecule has 3 nitrogen and oxygen atoms in total. The molecule has 0 aliphatic carbocycles. The number of hydrogen-bond donors (Lipinski definition) is 1. The quantitative estimate of drug-likeness (QED) is 0.839. The van der Waals surface area contributed by atoms with Gasteiger partial charge in [0.15, 0.2) is 0 Å². The van der Waals surface area contributed by atoms with Crippen molar-refractivity contribution in [3.8, 4) is 0 Å². The van der Waals surface area contributed by atoms with Gasteiger partial charge in [-0.3, -0.25) is 0 Å². The fraction of sp³-hybridized carbons (Fsp3) is 0.600. The van der Waals surface area contributed by atoms with Gasteiger partial charge in [-0.05, 0) is 36.4 Å². The van der Waals surface area contributed by atoms with E-state index in [1.807, 2.05) is 0 Å². The molecule has 1 fully saturated rings. The SMILES string of the molecule is COCc1ccccc1CNCC1CCOCC1. The van der Waals surface area contributed by atoms with Gasteiger partial charge in [0.2, 0.25) is 0 Å². The topological polar surface area (TPSA) is 30.5 Å². The largest absolute Gasteiger partial charge is 0.381 e. The first-order valence-electron chi connectivity index (χ1n) is 6.74. The maximum atomic E-state index is 5.37. The summed E-state index contributed by atoms with van der Waals surface area (Å²) in [5.41, 5.74) is 2.62. The van der Waals surface area contributed by atoms with E-state index in [1.54, 1.807) is 7.11 Å². The van der Waals surface area contributed by atoms with E-state index in [1.165, 1.54) is 24.0 Å². The summed E-state index contributed by atoms with van der Waals surface area (Å²) in [4.78, 5) is 0. The van der Waals surface area contributed by atoms with Crippen LogP contribution in [0.15, 0.2) is 24.3 Å². The van der Waals surface area contributed by atoms with Gasteiger partial charge in [0.1, 0.15) is 0 Å². The minimum Gasteiger partial charge on any atom is -0.381 e. The van der Waals surface area contributed by atoms with Crippen LogP contribution in [-0.4, -0.2) is 26.9 Å². The molecule has 2 rings (SSSR count). The molecule has 1 heterocycles. The van der Waals surface area contributed by atoms with Crippen LogP contribution in [0.25, 0.3) is 0 Å². The Morgan fingerprint density at radius 3 is 2.67 bits per heavy atom. The molecule has 18 heavy (non-hydrogen) atoms. The number of nitrogens with one attached hydrogen (secondary N) is 1. The molecule has 1 saturated heterocycles. The third-order valence-corrected chi connectivity index (χ3v) is 3.51. The zero-order valence-electron chi connectivity index (χ0n) is 11.2. The molecule has 0 bridgehead atoms. The number of methoxy groups -OCH3 is 1. The van der Waals surface area contributed by atoms with Crippen molar-refractivity contribution in [2.24, 2.45) is 5.92 Å². The molecule has 0 atom stereocenters. The summed E-state index contributed by atoms with van der Waals surface area (Å²) >= 11 is 0. The number of ether oxygens (including phenoxy) is 2. The fourth-order valence-electron chi connectivity index (χ4n) is 2.39. The standard InChI is InChI=1S/C15H23NO2/c1-17-12-15-5-3-2-4-14(15)11-16-10-13-6-8-18-9-7-13/h2-5,13,16H,6-12H2,1H3. The van der Waals surface area contributed by atoms with Crippen molar-refractivity contribution >= 4 is 0 Å². The molecule has 0 amide bonds. The normalized spacial score (nSPS) is 16.9. The lowest BCUT2D eigenvalue weighted by molar-refractivity contribution is 0.0662. The molecule has 1 aromatic carbocycles. The average molecular weight is 249 g/mol. The maximum Gasteiger partial charge on any atom is 0.0716 e. The lowest BCUT2D eigenvalue weighted by atomic mass is 10.00. The number of hydrogen-bond acceptors (Lipinski definition) is 3. The molecular weight excluding hydrogens is 226 g/mol. The van der Waals surface area contributed by atoms with Gasteiger partial charge in [0, 0.05) is 26.9 Å². The van der Waals surface area contributed by atoms with Crippen molar-refractivity contribution in [1.29, 1.82) is 0 Å². The van der Waals surface area contributed by atoms with Gasteiger partial charge in [-0.15, -0.1) is 0 Å². The molecular formula is C15H23NO2. The molecule has 1 aliphatic rings. The predicted molar refractivity (Wildman–Crippen MR) is 72.4 cm³/mol. The summed E-state index contributed by atoms with van der Waals surface area (Å²) < 4.78 is 10.6. The monoisotopic (exact) mass is 249 g/mol. The Balaban J connectivity index is 1.78. The van der Waals surface area contributed by atoms with Crippen molar-refractivity contribution in [3.63, 3.8) is 0 Å². The average Bonchev–Trinajstić information content (AvgIpc) is 2.42. The van der Waals surface area contributed by atoms with Crippen LogP contribution in [0.5, 0.6) is 0 Å². The summed E-state index contributed by atoms with van der Waals surface area (Å²) in [6.07, 6.45) is 2.37. The Labute approximate surface area is 109 Å². The Kier molecular flexibility index (Phi) is 5.65. The van der Waals surface area contributed by atoms with Crippen LogP contribution >= 0.6 is 0 Å². The van der Waals surface area contributed by atoms with E-state index < -0.39 is 0 Å². The first-order valence-corrected chi connectivity index (χ1v) is 6.74. The van der Waals surface area contributed by atoms with E-state index in [0.717, 1.165) is 32.2 Å². The molecule has 100 valence electrons. The number of benzene rings is 1. The summed E-state index contributed by atoms with van der Waals surface area (Å²) in [7, 11) is 1.74. The molecule has 1 aromatic rings. The molecule has 1 aliphatic heterocycles. The lowest BCUT2D eigenvalue weighted by Gasteiger charge is -2.22. The van der Waals surface area contributed by atoms with Crippen LogP contribution in [0.3, 0.4) is 0 Å². The summed E-state index contributed by atoms with van der Waals surface area (Å²) in [5, 5.41) is 3.56. The van der Waals surface area contributed by atoms with E-state index in [4.69, 9.17) is 9.47 Å². The molecule has 0 spiro atoms. The first kappa shape index (κ1) is 13.5. The fourth-order valence-corrected chi connectivity index (χ4v) is 2.39. The zero-order chi connectivity index (χ0) is 12.6. The highest BCUT2D eigenvalue weighted by Gasteiger charge is 2.13. The van der Waals surface area contributed by atoms with Crippen LogP contribution in [-0.2, 0) is 22.6 Å². The van der Waals surface area contributed by atoms with Crippen molar-refractivity contribution < 1.29 is 9.47 Å². The molecule has 0 aromatic heterocycles. The Morgan fingerprint density at radius 2 is 1.94 bits per heavy atom. The predicted octanol–water partition coefficient (Wildman–Crippen LogP) is 2.35. The van der Waals surface area contributed by atoms with Crippen LogP contribution in [0.2, 0.25) is 0 Å². The van der Waals surface area contributed by atoms with Crippen LogP contribution in [0, 0.1) is 5.92 Å². The van der Waals surface area contributed by atoms with Crippen molar-refractivity contribution in [3.05, 3.63) is 35.4 Å². The van der Waals surface area contributed by atoms with E-state index in [2.05, 4.69) is 29.6 Å². The second-order valence-electron chi connectivity index (χ2n) is 4.89. The van der Waals surface area contributed by atoms with E-state index in [0.29, 0.717) is 6.61 Å². The first-order chi connectivity index (χ1) is 8.90. The summed E-state index contributed by atoms with van der Waals surface area (Å²) in [6.45, 7) is 4.55. The van der Waals surface area contributed by atoms with E-state index in [-0.39, 0.29) is 0 Å². The van der Waals surface area contributed by atoms with Gasteiger partial charge in [-0.2, -0.15) is 0 Å². The summed E-state index contributed by atoms with van der Waals surface area (Å²) in [6, 6.07) is 8.46. The highest BCUT2D eigenvalue weighted by molar-refractivity contribution is 5.26. The molecule has 3 heteroatoms. The number of rotatable bonds is 6. The maximum absolute atomic E-state index is 5.37. The highest BCUT2D eigenvalue weighted by Crippen LogP contribution is 2.14. The van der Waals surface area contributed by atoms with Crippen molar-refractivity contribution in [2.45, 2.75) is 26.0 Å². The second kappa shape index (κ2) is 7.52. The van der Waals surface area contributed by atoms with Gasteiger partial charge in [-0.25, -0.2) is 0 Å². The van der Waals surface area contributed by atoms with Crippen molar-refractivity contribution in [2.75, 3.05) is 26.9 Å². The molecule has 0 unspecified atom stereocenters. The Bertz CT molecular complexity index is 348. The Morgan fingerprint density at radius 1 is 1.22 bits per heavy atom. The second-order valence-corrected chi connectivity index (χ2v) is 4.89. The van der Waals surface area contributed by atoms with Crippen molar-refractivity contribution in [1.82, 2.24) is 5.32 Å². The lowest BCUT2D eigenvalue weighted by Crippen LogP contribution is -2.27. The van der Waals surface area contributed by atoms with Gasteiger partial charge >= 0.3 is 0 Å². The highest BCUT2D eigenvalue weighted by atomic mass is 16.5. The van der Waals surface area contributed by atoms with Crippen LogP contribution in [0.1, 0.15) is 24.0 Å². The smallest absolute Gasteiger partial charge is 0.0716 e. The van der Waals surface area contributed by atoms with Gasteiger partial charge in [0.25, 0.3) is 0 Å². The summed E-state index contributed by atoms with van der Waals surface area (Å²) in [5.74, 6) is 0.772. The van der Waals surface area contributed by atoms with Crippen LogP contribution in [0.4, 0.5) is 0 Å². The molecule has 0 saturated carbocycles. The molecule has 1 N–H and O–H groups in total. The third kappa shape index (κ3) is 4.09. The van der Waals surface area contributed by atoms with E-state index in [9.17, 15) is 0 Å². The van der Waals surface area contributed by atoms with Gasteiger partial charge in [-0.1, -0.05) is 24.3 Å². The molecule has 0 radical (unpaired) electrons. The minimum atomic E-state index is 0.690. The Hall–Kier alpha value is -0.900. The van der Waals surface area contributed by atoms with E-state index >= 15 is 0 Å². The van der Waals surface area contributed by atoms with Gasteiger partial charge < -0.3 is 14.8 Å².